The Hall–Kier alpha value is -2.67. The fraction of sp³-hybridized carbons (Fsp3) is 0.421. The number of fused-ring (bicyclic) bond motifs is 1. The number of nitrogens with zero attached hydrogens (tertiary/aromatic N) is 3. The Balaban J connectivity index is 1.55. The maximum Gasteiger partial charge on any atom is 0.492 e. The van der Waals surface area contributed by atoms with E-state index in [1.54, 1.807) is 6.20 Å². The standard InChI is InChI=1S/C19H22BN5O3/c1-11-5-15(6-14-9-28-20(26)17(11)14)23-19-22-8-12(2)18(25-19)24-16-10-27-4-3-13(16)7-21/h5-6,8,13,16,26H,3-4,9-10H2,1-2H3,(H2,22,23,24,25)/t13-,16+/m0/s1. The van der Waals surface area contributed by atoms with E-state index in [1.165, 1.54) is 0 Å². The van der Waals surface area contributed by atoms with Crippen molar-refractivity contribution in [3.05, 3.63) is 35.0 Å². The highest BCUT2D eigenvalue weighted by molar-refractivity contribution is 6.62. The van der Waals surface area contributed by atoms with Gasteiger partial charge in [0, 0.05) is 24.1 Å². The number of ether oxygens (including phenoxy) is 1. The molecule has 144 valence electrons. The second-order valence-corrected chi connectivity index (χ2v) is 7.23. The molecule has 4 rings (SSSR count). The highest BCUT2D eigenvalue weighted by Gasteiger charge is 2.29. The fourth-order valence-electron chi connectivity index (χ4n) is 3.66. The van der Waals surface area contributed by atoms with Gasteiger partial charge in [0.05, 0.1) is 31.2 Å². The molecular weight excluding hydrogens is 357 g/mol. The van der Waals surface area contributed by atoms with Gasteiger partial charge < -0.3 is 25.0 Å². The number of hydrogen-bond acceptors (Lipinski definition) is 8. The summed E-state index contributed by atoms with van der Waals surface area (Å²) < 4.78 is 10.8. The van der Waals surface area contributed by atoms with Crippen LogP contribution in [-0.4, -0.2) is 41.4 Å². The fourth-order valence-corrected chi connectivity index (χ4v) is 3.66. The highest BCUT2D eigenvalue weighted by atomic mass is 16.5. The van der Waals surface area contributed by atoms with Crippen molar-refractivity contribution in [2.45, 2.75) is 32.9 Å². The first-order valence-electron chi connectivity index (χ1n) is 9.33. The van der Waals surface area contributed by atoms with Crippen LogP contribution >= 0.6 is 0 Å². The quantitative estimate of drug-likeness (QED) is 0.684. The summed E-state index contributed by atoms with van der Waals surface area (Å²) >= 11 is 0. The Kier molecular flexibility index (Phi) is 5.18. The summed E-state index contributed by atoms with van der Waals surface area (Å²) in [5.74, 6) is 1.03. The average Bonchev–Trinajstić information content (AvgIpc) is 3.06. The van der Waals surface area contributed by atoms with Gasteiger partial charge in [-0.2, -0.15) is 10.2 Å². The Bertz CT molecular complexity index is 933. The van der Waals surface area contributed by atoms with Crippen molar-refractivity contribution >= 4 is 30.0 Å². The van der Waals surface area contributed by atoms with Crippen LogP contribution in [0.5, 0.6) is 0 Å². The first kappa shape index (κ1) is 18.7. The van der Waals surface area contributed by atoms with Gasteiger partial charge in [-0.3, -0.25) is 0 Å². The van der Waals surface area contributed by atoms with E-state index in [0.29, 0.717) is 38.0 Å². The van der Waals surface area contributed by atoms with Gasteiger partial charge in [0.1, 0.15) is 5.82 Å². The molecule has 2 aliphatic heterocycles. The van der Waals surface area contributed by atoms with Crippen molar-refractivity contribution in [1.82, 2.24) is 9.97 Å². The second kappa shape index (κ2) is 7.76. The largest absolute Gasteiger partial charge is 0.492 e. The number of anilines is 3. The molecule has 0 aliphatic carbocycles. The summed E-state index contributed by atoms with van der Waals surface area (Å²) in [4.78, 5) is 8.96. The predicted molar refractivity (Wildman–Crippen MR) is 106 cm³/mol. The molecule has 2 atom stereocenters. The molecule has 3 heterocycles. The smallest absolute Gasteiger partial charge is 0.423 e. The lowest BCUT2D eigenvalue weighted by Gasteiger charge is -2.28. The van der Waals surface area contributed by atoms with Crippen molar-refractivity contribution in [3.63, 3.8) is 0 Å². The lowest BCUT2D eigenvalue weighted by molar-refractivity contribution is 0.0698. The summed E-state index contributed by atoms with van der Waals surface area (Å²) in [5, 5.41) is 25.8. The summed E-state index contributed by atoms with van der Waals surface area (Å²) in [6.45, 7) is 5.34. The molecule has 0 saturated carbocycles. The third kappa shape index (κ3) is 3.67. The third-order valence-electron chi connectivity index (χ3n) is 5.19. The number of aryl methyl sites for hydroxylation is 2. The van der Waals surface area contributed by atoms with E-state index in [9.17, 15) is 10.3 Å². The van der Waals surface area contributed by atoms with E-state index >= 15 is 0 Å². The Morgan fingerprint density at radius 2 is 2.18 bits per heavy atom. The highest BCUT2D eigenvalue weighted by Crippen LogP contribution is 2.24. The maximum absolute atomic E-state index is 9.90. The summed E-state index contributed by atoms with van der Waals surface area (Å²) in [7, 11) is -0.860. The van der Waals surface area contributed by atoms with Gasteiger partial charge in [0.2, 0.25) is 5.95 Å². The van der Waals surface area contributed by atoms with E-state index in [4.69, 9.17) is 9.39 Å². The number of rotatable bonds is 4. The Labute approximate surface area is 164 Å². The SMILES string of the molecule is Cc1cnc(Nc2cc(C)c3c(c2)COB3O)nc1N[C@@H]1COCC[C@H]1C#N. The van der Waals surface area contributed by atoms with Gasteiger partial charge >= 0.3 is 7.12 Å². The van der Waals surface area contributed by atoms with E-state index in [-0.39, 0.29) is 12.0 Å². The van der Waals surface area contributed by atoms with Crippen LogP contribution in [0.3, 0.4) is 0 Å². The third-order valence-corrected chi connectivity index (χ3v) is 5.19. The molecule has 2 aliphatic rings. The van der Waals surface area contributed by atoms with Crippen molar-refractivity contribution in [2.75, 3.05) is 23.8 Å². The number of nitrogens with one attached hydrogen (secondary N) is 2. The normalized spacial score (nSPS) is 21.1. The molecule has 1 aromatic heterocycles. The zero-order chi connectivity index (χ0) is 19.7. The number of benzene rings is 1. The molecule has 2 aromatic rings. The minimum Gasteiger partial charge on any atom is -0.423 e. The number of aromatic nitrogens is 2. The van der Waals surface area contributed by atoms with Gasteiger partial charge in [0.15, 0.2) is 0 Å². The Morgan fingerprint density at radius 3 is 3.00 bits per heavy atom. The van der Waals surface area contributed by atoms with Crippen molar-refractivity contribution in [3.8, 4) is 6.07 Å². The minimum atomic E-state index is -0.860. The zero-order valence-electron chi connectivity index (χ0n) is 15.9. The second-order valence-electron chi connectivity index (χ2n) is 7.23. The first-order valence-corrected chi connectivity index (χ1v) is 9.33. The van der Waals surface area contributed by atoms with Crippen LogP contribution in [-0.2, 0) is 16.0 Å². The van der Waals surface area contributed by atoms with Gasteiger partial charge in [-0.25, -0.2) is 4.98 Å². The monoisotopic (exact) mass is 379 g/mol. The zero-order valence-corrected chi connectivity index (χ0v) is 15.9. The van der Waals surface area contributed by atoms with Gasteiger partial charge in [0.25, 0.3) is 0 Å². The number of nitriles is 1. The average molecular weight is 379 g/mol. The minimum absolute atomic E-state index is 0.0962. The molecule has 3 N–H and O–H groups in total. The van der Waals surface area contributed by atoms with Crippen LogP contribution in [0.4, 0.5) is 17.5 Å². The van der Waals surface area contributed by atoms with Crippen LogP contribution in [0.15, 0.2) is 18.3 Å². The van der Waals surface area contributed by atoms with Gasteiger partial charge in [-0.15, -0.1) is 0 Å². The van der Waals surface area contributed by atoms with Crippen molar-refractivity contribution < 1.29 is 14.4 Å². The molecule has 28 heavy (non-hydrogen) atoms. The van der Waals surface area contributed by atoms with Crippen LogP contribution in [0.1, 0.15) is 23.1 Å². The molecule has 0 amide bonds. The molecule has 9 heteroatoms. The van der Waals surface area contributed by atoms with E-state index in [1.807, 2.05) is 26.0 Å². The molecule has 1 saturated heterocycles. The Morgan fingerprint density at radius 1 is 1.32 bits per heavy atom. The van der Waals surface area contributed by atoms with Crippen LogP contribution in [0.25, 0.3) is 0 Å². The molecule has 0 spiro atoms. The molecule has 0 bridgehead atoms. The molecule has 1 aromatic carbocycles. The summed E-state index contributed by atoms with van der Waals surface area (Å²) in [6.07, 6.45) is 2.46. The van der Waals surface area contributed by atoms with Crippen molar-refractivity contribution in [2.24, 2.45) is 5.92 Å². The van der Waals surface area contributed by atoms with Gasteiger partial charge in [-0.1, -0.05) is 0 Å². The van der Waals surface area contributed by atoms with Crippen LogP contribution in [0, 0.1) is 31.1 Å². The van der Waals surface area contributed by atoms with Crippen LogP contribution in [0.2, 0.25) is 0 Å². The molecule has 1 fully saturated rings. The molecule has 8 nitrogen and oxygen atoms in total. The molecule has 0 unspecified atom stereocenters. The maximum atomic E-state index is 9.90. The topological polar surface area (TPSA) is 112 Å². The van der Waals surface area contributed by atoms with Crippen molar-refractivity contribution in [1.29, 1.82) is 5.26 Å². The van der Waals surface area contributed by atoms with E-state index < -0.39 is 7.12 Å². The van der Waals surface area contributed by atoms with E-state index in [2.05, 4.69) is 26.7 Å². The lowest BCUT2D eigenvalue weighted by atomic mass is 9.76. The molecule has 0 radical (unpaired) electrons. The lowest BCUT2D eigenvalue weighted by Crippen LogP contribution is -2.38. The summed E-state index contributed by atoms with van der Waals surface area (Å²) in [6, 6.07) is 6.13. The first-order chi connectivity index (χ1) is 13.5. The predicted octanol–water partition coefficient (Wildman–Crippen LogP) is 1.40. The molecular formula is C19H22BN5O3. The van der Waals surface area contributed by atoms with E-state index in [0.717, 1.165) is 27.8 Å². The van der Waals surface area contributed by atoms with Gasteiger partial charge in [-0.05, 0) is 49.0 Å². The summed E-state index contributed by atoms with van der Waals surface area (Å²) in [5.41, 5.74) is 4.47. The number of hydrogen-bond donors (Lipinski definition) is 3. The van der Waals surface area contributed by atoms with Crippen LogP contribution < -0.4 is 16.1 Å².